The Morgan fingerprint density at radius 3 is 2.50 bits per heavy atom. The molecule has 0 aromatic heterocycles. The Hall–Kier alpha value is -1.83. The van der Waals surface area contributed by atoms with Gasteiger partial charge in [-0.3, -0.25) is 4.79 Å². The van der Waals surface area contributed by atoms with Gasteiger partial charge in [-0.2, -0.15) is 0 Å². The monoisotopic (exact) mass is 288 g/mol. The highest BCUT2D eigenvalue weighted by molar-refractivity contribution is 5.83. The van der Waals surface area contributed by atoms with E-state index in [-0.39, 0.29) is 12.8 Å². The number of nitrogens with one attached hydrogen (secondary N) is 1. The first-order chi connectivity index (χ1) is 9.10. The highest BCUT2D eigenvalue weighted by atomic mass is 16.7. The fraction of sp³-hybridized carbons (Fsp3) is 0.750. The van der Waals surface area contributed by atoms with E-state index < -0.39 is 35.8 Å². The number of hydrogen-bond acceptors (Lipinski definition) is 6. The van der Waals surface area contributed by atoms with Crippen molar-refractivity contribution in [1.82, 2.24) is 10.4 Å². The molecule has 8 heteroatoms. The Morgan fingerprint density at radius 2 is 2.05 bits per heavy atom. The molecule has 1 fully saturated rings. The lowest BCUT2D eigenvalue weighted by atomic mass is 10.2. The smallest absolute Gasteiger partial charge is 0.408 e. The topological polar surface area (TPSA) is 105 Å². The second-order valence-electron chi connectivity index (χ2n) is 5.52. The molecule has 0 aromatic carbocycles. The lowest BCUT2D eigenvalue weighted by molar-refractivity contribution is -0.221. The summed E-state index contributed by atoms with van der Waals surface area (Å²) in [6, 6.07) is -1.01. The van der Waals surface area contributed by atoms with E-state index >= 15 is 0 Å². The molecule has 2 N–H and O–H groups in total. The van der Waals surface area contributed by atoms with E-state index in [2.05, 4.69) is 5.32 Å². The van der Waals surface area contributed by atoms with Gasteiger partial charge in [-0.25, -0.2) is 9.59 Å². The standard InChI is InChI=1S/C12H20N2O6/c1-7(13-11(18)19-12(2,3)4)10(17)20-14-8(15)5-6-9(14)16/h7-8,15H,5-6H2,1-4H3,(H,13,18)/t7-,8?/m0/s1. The minimum absolute atomic E-state index is 0.113. The zero-order valence-corrected chi connectivity index (χ0v) is 12.0. The Morgan fingerprint density at radius 1 is 1.45 bits per heavy atom. The summed E-state index contributed by atoms with van der Waals surface area (Å²) in [6.45, 7) is 6.46. The van der Waals surface area contributed by atoms with E-state index in [4.69, 9.17) is 9.57 Å². The van der Waals surface area contributed by atoms with Crippen LogP contribution in [0.2, 0.25) is 0 Å². The molecule has 0 saturated carbocycles. The molecule has 1 unspecified atom stereocenters. The zero-order chi connectivity index (χ0) is 15.5. The molecule has 0 radical (unpaired) electrons. The van der Waals surface area contributed by atoms with E-state index in [0.29, 0.717) is 5.06 Å². The molecule has 0 spiro atoms. The number of rotatable bonds is 3. The van der Waals surface area contributed by atoms with Gasteiger partial charge in [0.1, 0.15) is 11.6 Å². The van der Waals surface area contributed by atoms with Gasteiger partial charge in [0.2, 0.25) is 0 Å². The maximum absolute atomic E-state index is 11.7. The second kappa shape index (κ2) is 6.08. The van der Waals surface area contributed by atoms with Gasteiger partial charge in [-0.1, -0.05) is 0 Å². The molecule has 0 aliphatic carbocycles. The molecule has 0 aromatic rings. The molecule has 2 atom stereocenters. The molecular weight excluding hydrogens is 268 g/mol. The third-order valence-corrected chi connectivity index (χ3v) is 2.41. The molecule has 8 nitrogen and oxygen atoms in total. The number of amides is 2. The van der Waals surface area contributed by atoms with Crippen molar-refractivity contribution in [2.75, 3.05) is 0 Å². The molecule has 1 aliphatic heterocycles. The minimum Gasteiger partial charge on any atom is -0.444 e. The van der Waals surface area contributed by atoms with E-state index in [1.54, 1.807) is 20.8 Å². The van der Waals surface area contributed by atoms with Gasteiger partial charge >= 0.3 is 12.1 Å². The summed E-state index contributed by atoms with van der Waals surface area (Å²) in [7, 11) is 0. The maximum Gasteiger partial charge on any atom is 0.408 e. The average molecular weight is 288 g/mol. The van der Waals surface area contributed by atoms with E-state index in [9.17, 15) is 19.5 Å². The lowest BCUT2D eigenvalue weighted by Gasteiger charge is -2.23. The van der Waals surface area contributed by atoms with Crippen LogP contribution in [0.1, 0.15) is 40.5 Å². The molecule has 20 heavy (non-hydrogen) atoms. The van der Waals surface area contributed by atoms with E-state index in [1.165, 1.54) is 6.92 Å². The van der Waals surface area contributed by atoms with Gasteiger partial charge in [0.15, 0.2) is 6.23 Å². The van der Waals surface area contributed by atoms with Gasteiger partial charge in [-0.15, -0.1) is 5.06 Å². The summed E-state index contributed by atoms with van der Waals surface area (Å²) in [5, 5.41) is 12.3. The molecule has 1 aliphatic rings. The van der Waals surface area contributed by atoms with Crippen LogP contribution in [0.5, 0.6) is 0 Å². The molecule has 0 bridgehead atoms. The third kappa shape index (κ3) is 4.69. The van der Waals surface area contributed by atoms with Crippen molar-refractivity contribution in [2.24, 2.45) is 0 Å². The quantitative estimate of drug-likeness (QED) is 0.773. The Labute approximate surface area is 117 Å². The summed E-state index contributed by atoms with van der Waals surface area (Å²) in [6.07, 6.45) is -1.59. The molecular formula is C12H20N2O6. The van der Waals surface area contributed by atoms with Crippen LogP contribution >= 0.6 is 0 Å². The molecule has 1 rings (SSSR count). The van der Waals surface area contributed by atoms with Crippen molar-refractivity contribution in [3.63, 3.8) is 0 Å². The number of ether oxygens (including phenoxy) is 1. The van der Waals surface area contributed by atoms with Crippen molar-refractivity contribution in [2.45, 2.75) is 58.4 Å². The predicted molar refractivity (Wildman–Crippen MR) is 67.0 cm³/mol. The van der Waals surface area contributed by atoms with Gasteiger partial charge in [0.25, 0.3) is 5.91 Å². The summed E-state index contributed by atoms with van der Waals surface area (Å²) < 4.78 is 4.98. The second-order valence-corrected chi connectivity index (χ2v) is 5.52. The fourth-order valence-corrected chi connectivity index (χ4v) is 1.48. The van der Waals surface area contributed by atoms with Crippen LogP contribution in [0, 0.1) is 0 Å². The Bertz CT molecular complexity index is 403. The molecule has 1 saturated heterocycles. The largest absolute Gasteiger partial charge is 0.444 e. The maximum atomic E-state index is 11.7. The summed E-state index contributed by atoms with van der Waals surface area (Å²) in [5.41, 5.74) is -0.686. The Balaban J connectivity index is 2.47. The molecule has 114 valence electrons. The van der Waals surface area contributed by atoms with Crippen molar-refractivity contribution in [3.8, 4) is 0 Å². The Kier molecular flexibility index (Phi) is 4.93. The van der Waals surface area contributed by atoms with Crippen LogP contribution in [0.3, 0.4) is 0 Å². The van der Waals surface area contributed by atoms with E-state index in [1.807, 2.05) is 0 Å². The number of carbonyl (C=O) groups excluding carboxylic acids is 3. The van der Waals surface area contributed by atoms with Gasteiger partial charge in [0, 0.05) is 12.8 Å². The predicted octanol–water partition coefficient (Wildman–Crippen LogP) is 0.299. The normalized spacial score (nSPS) is 20.6. The van der Waals surface area contributed by atoms with Crippen molar-refractivity contribution in [1.29, 1.82) is 0 Å². The van der Waals surface area contributed by atoms with Crippen LogP contribution in [-0.2, 0) is 19.2 Å². The van der Waals surface area contributed by atoms with Crippen LogP contribution < -0.4 is 5.32 Å². The van der Waals surface area contributed by atoms with Crippen LogP contribution in [0.15, 0.2) is 0 Å². The molecule has 2 amide bonds. The third-order valence-electron chi connectivity index (χ3n) is 2.41. The van der Waals surface area contributed by atoms with Crippen LogP contribution in [0.25, 0.3) is 0 Å². The number of aliphatic hydroxyl groups is 1. The number of hydrogen-bond donors (Lipinski definition) is 2. The summed E-state index contributed by atoms with van der Waals surface area (Å²) in [4.78, 5) is 39.2. The highest BCUT2D eigenvalue weighted by Crippen LogP contribution is 2.17. The number of hydroxylamine groups is 2. The highest BCUT2D eigenvalue weighted by Gasteiger charge is 2.34. The fourth-order valence-electron chi connectivity index (χ4n) is 1.48. The number of carbonyl (C=O) groups is 3. The minimum atomic E-state index is -1.14. The van der Waals surface area contributed by atoms with Crippen LogP contribution in [0.4, 0.5) is 4.79 Å². The SMILES string of the molecule is C[C@H](NC(=O)OC(C)(C)C)C(=O)ON1C(=O)CCC1O. The number of aliphatic hydroxyl groups excluding tert-OH is 1. The first-order valence-corrected chi connectivity index (χ1v) is 6.31. The summed E-state index contributed by atoms with van der Waals surface area (Å²) >= 11 is 0. The van der Waals surface area contributed by atoms with Crippen LogP contribution in [-0.4, -0.2) is 46.0 Å². The van der Waals surface area contributed by atoms with Crippen molar-refractivity contribution >= 4 is 18.0 Å². The average Bonchev–Trinajstić information content (AvgIpc) is 2.57. The van der Waals surface area contributed by atoms with Gasteiger partial charge in [0.05, 0.1) is 0 Å². The van der Waals surface area contributed by atoms with Crippen molar-refractivity contribution in [3.05, 3.63) is 0 Å². The first kappa shape index (κ1) is 16.2. The van der Waals surface area contributed by atoms with Gasteiger partial charge in [-0.05, 0) is 27.7 Å². The summed E-state index contributed by atoms with van der Waals surface area (Å²) in [5.74, 6) is -1.33. The number of nitrogens with zero attached hydrogens (tertiary/aromatic N) is 1. The first-order valence-electron chi connectivity index (χ1n) is 6.31. The molecule has 1 heterocycles. The van der Waals surface area contributed by atoms with Gasteiger partial charge < -0.3 is 20.0 Å². The lowest BCUT2D eigenvalue weighted by Crippen LogP contribution is -2.45. The number of alkyl carbamates (subject to hydrolysis) is 1. The van der Waals surface area contributed by atoms with Crippen molar-refractivity contribution < 1.29 is 29.1 Å². The zero-order valence-electron chi connectivity index (χ0n) is 12.0. The van der Waals surface area contributed by atoms with E-state index in [0.717, 1.165) is 0 Å².